The van der Waals surface area contributed by atoms with Crippen molar-refractivity contribution >= 4 is 23.7 Å². The first-order chi connectivity index (χ1) is 18.8. The van der Waals surface area contributed by atoms with Crippen LogP contribution in [0.15, 0.2) is 0 Å². The van der Waals surface area contributed by atoms with E-state index in [1.165, 1.54) is 89.9 Å². The zero-order valence-electron chi connectivity index (χ0n) is 25.5. The number of nitrogens with one attached hydrogen (secondary N) is 1. The van der Waals surface area contributed by atoms with E-state index >= 15 is 0 Å². The van der Waals surface area contributed by atoms with Crippen molar-refractivity contribution in [1.29, 1.82) is 0 Å². The highest BCUT2D eigenvalue weighted by atomic mass is 16.7. The Morgan fingerprint density at radius 2 is 1.08 bits per heavy atom. The maximum atomic E-state index is 13.2. The standard InChI is InChI=1S/C32H58N2O5/c1-4-6-8-10-12-14-16-18-20-25-32(3,26-21-19-17-15-13-11-9-7-5-2)31(38)33-27-24-30(37)39-34-28(35)22-23-29(34)36/h4-27H2,1-3H3,(H,33,38). The average Bonchev–Trinajstić information content (AvgIpc) is 3.23. The predicted molar refractivity (Wildman–Crippen MR) is 157 cm³/mol. The molecule has 0 aromatic heterocycles. The summed E-state index contributed by atoms with van der Waals surface area (Å²) in [6.07, 6.45) is 24.3. The van der Waals surface area contributed by atoms with Gasteiger partial charge in [0.15, 0.2) is 0 Å². The summed E-state index contributed by atoms with van der Waals surface area (Å²) in [6.45, 7) is 6.69. The molecule has 1 N–H and O–H groups in total. The molecule has 7 nitrogen and oxygen atoms in total. The van der Waals surface area contributed by atoms with Crippen LogP contribution in [0.25, 0.3) is 0 Å². The lowest BCUT2D eigenvalue weighted by Crippen LogP contribution is -2.40. The van der Waals surface area contributed by atoms with E-state index in [1.807, 2.05) is 0 Å². The van der Waals surface area contributed by atoms with Crippen molar-refractivity contribution in [1.82, 2.24) is 10.4 Å². The second kappa shape index (κ2) is 21.8. The monoisotopic (exact) mass is 550 g/mol. The van der Waals surface area contributed by atoms with Crippen LogP contribution in [0.1, 0.15) is 168 Å². The van der Waals surface area contributed by atoms with Gasteiger partial charge < -0.3 is 10.2 Å². The van der Waals surface area contributed by atoms with Gasteiger partial charge in [0.05, 0.1) is 6.42 Å². The van der Waals surface area contributed by atoms with Crippen LogP contribution in [-0.2, 0) is 24.0 Å². The molecule has 1 saturated heterocycles. The van der Waals surface area contributed by atoms with Gasteiger partial charge in [0.2, 0.25) is 5.91 Å². The van der Waals surface area contributed by atoms with Gasteiger partial charge in [-0.2, -0.15) is 0 Å². The van der Waals surface area contributed by atoms with Crippen LogP contribution in [0.5, 0.6) is 0 Å². The van der Waals surface area contributed by atoms with E-state index in [2.05, 4.69) is 26.1 Å². The zero-order valence-corrected chi connectivity index (χ0v) is 25.5. The highest BCUT2D eigenvalue weighted by molar-refractivity contribution is 6.01. The summed E-state index contributed by atoms with van der Waals surface area (Å²) in [5, 5.41) is 3.49. The van der Waals surface area contributed by atoms with Gasteiger partial charge in [-0.05, 0) is 12.8 Å². The van der Waals surface area contributed by atoms with Crippen LogP contribution in [0, 0.1) is 5.41 Å². The van der Waals surface area contributed by atoms with Crippen LogP contribution in [0.3, 0.4) is 0 Å². The minimum atomic E-state index is -0.682. The fourth-order valence-corrected chi connectivity index (χ4v) is 5.30. The van der Waals surface area contributed by atoms with Crippen LogP contribution in [-0.4, -0.2) is 35.3 Å². The molecular weight excluding hydrogens is 492 g/mol. The molecule has 0 unspecified atom stereocenters. The Balaban J connectivity index is 2.42. The molecular formula is C32H58N2O5. The Hall–Kier alpha value is -1.92. The summed E-state index contributed by atoms with van der Waals surface area (Å²) in [6, 6.07) is 0. The number of nitrogens with zero attached hydrogens (tertiary/aromatic N) is 1. The number of hydrogen-bond acceptors (Lipinski definition) is 5. The Morgan fingerprint density at radius 1 is 0.692 bits per heavy atom. The molecule has 1 rings (SSSR count). The van der Waals surface area contributed by atoms with Crippen LogP contribution < -0.4 is 5.32 Å². The number of hydroxylamine groups is 2. The summed E-state index contributed by atoms with van der Waals surface area (Å²) in [5.41, 5.74) is -0.451. The lowest BCUT2D eigenvalue weighted by atomic mass is 9.78. The smallest absolute Gasteiger partial charge is 0.334 e. The SMILES string of the molecule is CCCCCCCCCCCC(C)(CCCCCCCCCCC)C(=O)NCCC(=O)ON1C(=O)CCC1=O. The van der Waals surface area contributed by atoms with Gasteiger partial charge in [-0.3, -0.25) is 14.4 Å². The molecule has 0 spiro atoms. The van der Waals surface area contributed by atoms with E-state index in [0.29, 0.717) is 5.06 Å². The third-order valence-corrected chi connectivity index (χ3v) is 8.03. The highest BCUT2D eigenvalue weighted by Crippen LogP contribution is 2.32. The number of unbranched alkanes of at least 4 members (excludes halogenated alkanes) is 16. The molecule has 0 atom stereocenters. The van der Waals surface area contributed by atoms with Gasteiger partial charge in [-0.25, -0.2) is 4.79 Å². The lowest BCUT2D eigenvalue weighted by Gasteiger charge is -2.29. The van der Waals surface area contributed by atoms with Gasteiger partial charge in [-0.1, -0.05) is 136 Å². The van der Waals surface area contributed by atoms with Crippen molar-refractivity contribution in [3.63, 3.8) is 0 Å². The molecule has 1 heterocycles. The van der Waals surface area contributed by atoms with Crippen molar-refractivity contribution in [2.24, 2.45) is 5.41 Å². The van der Waals surface area contributed by atoms with Gasteiger partial charge in [0, 0.05) is 24.8 Å². The molecule has 39 heavy (non-hydrogen) atoms. The third kappa shape index (κ3) is 16.1. The minimum absolute atomic E-state index is 0.0113. The predicted octanol–water partition coefficient (Wildman–Crippen LogP) is 7.95. The maximum Gasteiger partial charge on any atom is 0.334 e. The molecule has 1 aliphatic heterocycles. The Labute approximate surface area is 238 Å². The number of amides is 3. The van der Waals surface area contributed by atoms with Crippen molar-refractivity contribution in [2.75, 3.05) is 6.54 Å². The molecule has 226 valence electrons. The number of carbonyl (C=O) groups is 4. The summed E-state index contributed by atoms with van der Waals surface area (Å²) >= 11 is 0. The summed E-state index contributed by atoms with van der Waals surface area (Å²) in [4.78, 5) is 53.6. The molecule has 0 aromatic carbocycles. The molecule has 7 heteroatoms. The fourth-order valence-electron chi connectivity index (χ4n) is 5.30. The zero-order chi connectivity index (χ0) is 28.8. The van der Waals surface area contributed by atoms with E-state index in [9.17, 15) is 19.2 Å². The first-order valence-electron chi connectivity index (χ1n) is 16.2. The average molecular weight is 551 g/mol. The second-order valence-electron chi connectivity index (χ2n) is 11.8. The molecule has 0 radical (unpaired) electrons. The van der Waals surface area contributed by atoms with E-state index in [0.717, 1.165) is 38.5 Å². The van der Waals surface area contributed by atoms with E-state index in [4.69, 9.17) is 4.84 Å². The molecule has 1 aliphatic rings. The van der Waals surface area contributed by atoms with Crippen molar-refractivity contribution in [3.8, 4) is 0 Å². The molecule has 1 fully saturated rings. The van der Waals surface area contributed by atoms with E-state index < -0.39 is 23.2 Å². The second-order valence-corrected chi connectivity index (χ2v) is 11.8. The van der Waals surface area contributed by atoms with Crippen molar-refractivity contribution in [3.05, 3.63) is 0 Å². The third-order valence-electron chi connectivity index (χ3n) is 8.03. The van der Waals surface area contributed by atoms with Gasteiger partial charge >= 0.3 is 5.97 Å². The van der Waals surface area contributed by atoms with Crippen LogP contribution in [0.4, 0.5) is 0 Å². The largest absolute Gasteiger partial charge is 0.355 e. The van der Waals surface area contributed by atoms with Gasteiger partial charge in [-0.15, -0.1) is 5.06 Å². The topological polar surface area (TPSA) is 92.8 Å². The van der Waals surface area contributed by atoms with Gasteiger partial charge in [0.25, 0.3) is 11.8 Å². The first-order valence-corrected chi connectivity index (χ1v) is 16.2. The number of rotatable bonds is 25. The fraction of sp³-hybridized carbons (Fsp3) is 0.875. The van der Waals surface area contributed by atoms with E-state index in [-0.39, 0.29) is 31.7 Å². The molecule has 0 bridgehead atoms. The lowest BCUT2D eigenvalue weighted by molar-refractivity contribution is -0.197. The van der Waals surface area contributed by atoms with Crippen molar-refractivity contribution < 1.29 is 24.0 Å². The highest BCUT2D eigenvalue weighted by Gasteiger charge is 2.34. The minimum Gasteiger partial charge on any atom is -0.355 e. The molecule has 0 saturated carbocycles. The molecule has 3 amide bonds. The van der Waals surface area contributed by atoms with Gasteiger partial charge in [0.1, 0.15) is 0 Å². The quantitative estimate of drug-likeness (QED) is 0.0919. The Kier molecular flexibility index (Phi) is 19.7. The van der Waals surface area contributed by atoms with E-state index in [1.54, 1.807) is 0 Å². The normalized spacial score (nSPS) is 13.8. The molecule has 0 aromatic rings. The summed E-state index contributed by atoms with van der Waals surface area (Å²) in [5.74, 6) is -1.68. The summed E-state index contributed by atoms with van der Waals surface area (Å²) in [7, 11) is 0. The van der Waals surface area contributed by atoms with Crippen LogP contribution in [0.2, 0.25) is 0 Å². The maximum absolute atomic E-state index is 13.2. The molecule has 0 aliphatic carbocycles. The first kappa shape index (κ1) is 35.1. The number of imide groups is 1. The Bertz CT molecular complexity index is 671. The number of hydrogen-bond donors (Lipinski definition) is 1. The van der Waals surface area contributed by atoms with Crippen LogP contribution >= 0.6 is 0 Å². The Morgan fingerprint density at radius 3 is 1.49 bits per heavy atom. The number of carbonyl (C=O) groups excluding carboxylic acids is 4. The van der Waals surface area contributed by atoms with Crippen molar-refractivity contribution in [2.45, 2.75) is 168 Å². The summed E-state index contributed by atoms with van der Waals surface area (Å²) < 4.78 is 0.